The number of hydrogen-bond donors (Lipinski definition) is 1. The van der Waals surface area contributed by atoms with Crippen LogP contribution in [0.1, 0.15) is 24.4 Å². The normalized spacial score (nSPS) is 27.6. The van der Waals surface area contributed by atoms with Crippen LogP contribution < -0.4 is 5.32 Å². The van der Waals surface area contributed by atoms with Crippen molar-refractivity contribution in [3.63, 3.8) is 0 Å². The molecule has 2 rings (SSSR count). The molecule has 3 heteroatoms. The van der Waals surface area contributed by atoms with Crippen LogP contribution >= 0.6 is 11.6 Å². The molecule has 1 aliphatic rings. The Hall–Kier alpha value is -0.570. The van der Waals surface area contributed by atoms with Gasteiger partial charge in [-0.1, -0.05) is 23.7 Å². The van der Waals surface area contributed by atoms with Gasteiger partial charge in [0.2, 0.25) is 0 Å². The molecule has 1 aromatic rings. The van der Waals surface area contributed by atoms with E-state index in [1.807, 2.05) is 24.3 Å². The SMILES string of the molecule is OC1CC[N]C(c2ccc(Cl)cc2)C1. The molecule has 1 saturated heterocycles. The van der Waals surface area contributed by atoms with Crippen molar-refractivity contribution in [2.24, 2.45) is 0 Å². The molecule has 1 fully saturated rings. The predicted octanol–water partition coefficient (Wildman–Crippen LogP) is 2.14. The second kappa shape index (κ2) is 4.30. The third kappa shape index (κ3) is 2.27. The van der Waals surface area contributed by atoms with E-state index in [4.69, 9.17) is 11.6 Å². The zero-order valence-electron chi connectivity index (χ0n) is 7.86. The second-order valence-electron chi connectivity index (χ2n) is 3.65. The zero-order valence-corrected chi connectivity index (χ0v) is 8.61. The van der Waals surface area contributed by atoms with E-state index in [1.165, 1.54) is 0 Å². The Bertz CT molecular complexity index is 299. The average molecular weight is 211 g/mol. The van der Waals surface area contributed by atoms with E-state index in [1.54, 1.807) is 0 Å². The van der Waals surface area contributed by atoms with E-state index in [0.717, 1.165) is 30.0 Å². The number of halogens is 1. The molecule has 1 aliphatic heterocycles. The standard InChI is InChI=1S/C11H13ClNO/c12-9-3-1-8(2-4-9)11-7-10(14)5-6-13-11/h1-4,10-11,14H,5-7H2. The zero-order chi connectivity index (χ0) is 9.97. The number of nitrogens with zero attached hydrogens (tertiary/aromatic N) is 1. The summed E-state index contributed by atoms with van der Waals surface area (Å²) in [6, 6.07) is 7.85. The lowest BCUT2D eigenvalue weighted by Crippen LogP contribution is -2.29. The Morgan fingerprint density at radius 1 is 1.29 bits per heavy atom. The molecule has 2 nitrogen and oxygen atoms in total. The molecule has 1 aromatic carbocycles. The first-order valence-electron chi connectivity index (χ1n) is 4.86. The van der Waals surface area contributed by atoms with E-state index >= 15 is 0 Å². The molecule has 0 spiro atoms. The van der Waals surface area contributed by atoms with Gasteiger partial charge < -0.3 is 5.11 Å². The fourth-order valence-electron chi connectivity index (χ4n) is 1.76. The lowest BCUT2D eigenvalue weighted by atomic mass is 9.96. The fourth-order valence-corrected chi connectivity index (χ4v) is 1.88. The number of rotatable bonds is 1. The molecule has 75 valence electrons. The second-order valence-corrected chi connectivity index (χ2v) is 4.09. The molecule has 0 aliphatic carbocycles. The van der Waals surface area contributed by atoms with Crippen LogP contribution in [0.25, 0.3) is 0 Å². The number of piperidine rings is 1. The first-order chi connectivity index (χ1) is 6.75. The molecule has 0 aromatic heterocycles. The molecular formula is C11H13ClNO. The topological polar surface area (TPSA) is 34.3 Å². The van der Waals surface area contributed by atoms with Crippen LogP contribution in [0.3, 0.4) is 0 Å². The van der Waals surface area contributed by atoms with Crippen LogP contribution in [0.4, 0.5) is 0 Å². The van der Waals surface area contributed by atoms with Crippen molar-refractivity contribution in [3.8, 4) is 0 Å². The molecule has 0 bridgehead atoms. The highest BCUT2D eigenvalue weighted by atomic mass is 35.5. The number of aliphatic hydroxyl groups excluding tert-OH is 1. The summed E-state index contributed by atoms with van der Waals surface area (Å²) in [6.07, 6.45) is 1.33. The van der Waals surface area contributed by atoms with Crippen molar-refractivity contribution in [1.29, 1.82) is 0 Å². The Morgan fingerprint density at radius 2 is 2.00 bits per heavy atom. The van der Waals surface area contributed by atoms with Crippen LogP contribution in [0.15, 0.2) is 24.3 Å². The van der Waals surface area contributed by atoms with Gasteiger partial charge in [0, 0.05) is 11.6 Å². The summed E-state index contributed by atoms with van der Waals surface area (Å²) in [5.41, 5.74) is 1.15. The van der Waals surface area contributed by atoms with Gasteiger partial charge in [-0.15, -0.1) is 0 Å². The highest BCUT2D eigenvalue weighted by molar-refractivity contribution is 6.30. The largest absolute Gasteiger partial charge is 0.393 e. The minimum atomic E-state index is -0.201. The molecular weight excluding hydrogens is 198 g/mol. The van der Waals surface area contributed by atoms with Gasteiger partial charge >= 0.3 is 0 Å². The molecule has 0 amide bonds. The van der Waals surface area contributed by atoms with E-state index in [2.05, 4.69) is 5.32 Å². The number of aliphatic hydroxyl groups is 1. The van der Waals surface area contributed by atoms with Crippen LogP contribution in [0.5, 0.6) is 0 Å². The maximum absolute atomic E-state index is 9.51. The molecule has 1 N–H and O–H groups in total. The average Bonchev–Trinajstić information content (AvgIpc) is 2.19. The minimum absolute atomic E-state index is 0.149. The van der Waals surface area contributed by atoms with Gasteiger partial charge in [-0.25, -0.2) is 5.32 Å². The summed E-state index contributed by atoms with van der Waals surface area (Å²) in [4.78, 5) is 0. The summed E-state index contributed by atoms with van der Waals surface area (Å²) in [7, 11) is 0. The summed E-state index contributed by atoms with van der Waals surface area (Å²) < 4.78 is 0. The van der Waals surface area contributed by atoms with Gasteiger partial charge in [-0.2, -0.15) is 0 Å². The van der Waals surface area contributed by atoms with Gasteiger partial charge in [0.25, 0.3) is 0 Å². The molecule has 1 radical (unpaired) electrons. The maximum atomic E-state index is 9.51. The third-order valence-electron chi connectivity index (χ3n) is 2.56. The lowest BCUT2D eigenvalue weighted by Gasteiger charge is -2.25. The Labute approximate surface area is 88.9 Å². The first-order valence-corrected chi connectivity index (χ1v) is 5.23. The van der Waals surface area contributed by atoms with Crippen molar-refractivity contribution in [2.45, 2.75) is 25.0 Å². The predicted molar refractivity (Wildman–Crippen MR) is 56.4 cm³/mol. The minimum Gasteiger partial charge on any atom is -0.393 e. The van der Waals surface area contributed by atoms with Crippen molar-refractivity contribution < 1.29 is 5.11 Å². The van der Waals surface area contributed by atoms with Crippen LogP contribution in [0, 0.1) is 0 Å². The number of hydrogen-bond acceptors (Lipinski definition) is 1. The van der Waals surface area contributed by atoms with Crippen molar-refractivity contribution in [3.05, 3.63) is 34.9 Å². The van der Waals surface area contributed by atoms with Gasteiger partial charge in [0.15, 0.2) is 0 Å². The van der Waals surface area contributed by atoms with Gasteiger partial charge in [-0.3, -0.25) is 0 Å². The van der Waals surface area contributed by atoms with Crippen molar-refractivity contribution in [1.82, 2.24) is 5.32 Å². The van der Waals surface area contributed by atoms with Gasteiger partial charge in [-0.05, 0) is 30.5 Å². The molecule has 0 saturated carbocycles. The Morgan fingerprint density at radius 3 is 2.64 bits per heavy atom. The van der Waals surface area contributed by atoms with Gasteiger partial charge in [0.05, 0.1) is 12.1 Å². The fraction of sp³-hybridized carbons (Fsp3) is 0.455. The highest BCUT2D eigenvalue weighted by Crippen LogP contribution is 2.25. The van der Waals surface area contributed by atoms with Crippen molar-refractivity contribution >= 4 is 11.6 Å². The summed E-state index contributed by atoms with van der Waals surface area (Å²) >= 11 is 5.80. The molecule has 2 unspecified atom stereocenters. The Kier molecular flexibility index (Phi) is 3.06. The van der Waals surface area contributed by atoms with E-state index in [0.29, 0.717) is 0 Å². The first kappa shape index (κ1) is 9.97. The maximum Gasteiger partial charge on any atom is 0.0571 e. The summed E-state index contributed by atoms with van der Waals surface area (Å²) in [5.74, 6) is 0. The van der Waals surface area contributed by atoms with Crippen molar-refractivity contribution in [2.75, 3.05) is 6.54 Å². The lowest BCUT2D eigenvalue weighted by molar-refractivity contribution is 0.115. The smallest absolute Gasteiger partial charge is 0.0571 e. The van der Waals surface area contributed by atoms with Crippen LogP contribution in [-0.2, 0) is 0 Å². The summed E-state index contributed by atoms with van der Waals surface area (Å²) in [5, 5.41) is 14.7. The van der Waals surface area contributed by atoms with Crippen LogP contribution in [-0.4, -0.2) is 17.8 Å². The molecule has 2 atom stereocenters. The molecule has 1 heterocycles. The van der Waals surface area contributed by atoms with Crippen LogP contribution in [0.2, 0.25) is 5.02 Å². The quantitative estimate of drug-likeness (QED) is 0.757. The van der Waals surface area contributed by atoms with E-state index in [-0.39, 0.29) is 12.1 Å². The highest BCUT2D eigenvalue weighted by Gasteiger charge is 2.21. The monoisotopic (exact) mass is 210 g/mol. The van der Waals surface area contributed by atoms with E-state index in [9.17, 15) is 5.11 Å². The number of benzene rings is 1. The van der Waals surface area contributed by atoms with Gasteiger partial charge in [0.1, 0.15) is 0 Å². The third-order valence-corrected chi connectivity index (χ3v) is 2.81. The summed E-state index contributed by atoms with van der Waals surface area (Å²) in [6.45, 7) is 0.758. The van der Waals surface area contributed by atoms with E-state index < -0.39 is 0 Å². The Balaban J connectivity index is 2.10. The molecule has 14 heavy (non-hydrogen) atoms.